The second-order valence-electron chi connectivity index (χ2n) is 3.30. The molecule has 0 saturated carbocycles. The van der Waals surface area contributed by atoms with Crippen molar-refractivity contribution in [3.8, 4) is 0 Å². The maximum atomic E-state index is 6.11. The molecule has 1 heterocycles. The van der Waals surface area contributed by atoms with Gasteiger partial charge >= 0.3 is 0 Å². The highest BCUT2D eigenvalue weighted by Gasteiger charge is 2.14. The number of hydroxylamine groups is 1. The molecule has 0 unspecified atom stereocenters. The van der Waals surface area contributed by atoms with Crippen LogP contribution >= 0.6 is 23.2 Å². The van der Waals surface area contributed by atoms with Gasteiger partial charge in [-0.05, 0) is 25.1 Å². The van der Waals surface area contributed by atoms with E-state index < -0.39 is 0 Å². The summed E-state index contributed by atoms with van der Waals surface area (Å²) in [6.07, 6.45) is 1.02. The molecule has 1 aromatic carbocycles. The van der Waals surface area contributed by atoms with Crippen LogP contribution in [0.5, 0.6) is 0 Å². The van der Waals surface area contributed by atoms with E-state index >= 15 is 0 Å². The lowest BCUT2D eigenvalue weighted by atomic mass is 10.3. The summed E-state index contributed by atoms with van der Waals surface area (Å²) in [5, 5.41) is 6.02. The Hall–Kier alpha value is -0.480. The third-order valence-electron chi connectivity index (χ3n) is 2.24. The molecule has 1 aromatic rings. The van der Waals surface area contributed by atoms with Gasteiger partial charge in [0.15, 0.2) is 0 Å². The van der Waals surface area contributed by atoms with Gasteiger partial charge in [0, 0.05) is 6.54 Å². The molecule has 0 spiro atoms. The Morgan fingerprint density at radius 2 is 2.20 bits per heavy atom. The quantitative estimate of drug-likeness (QED) is 0.825. The van der Waals surface area contributed by atoms with Crippen molar-refractivity contribution in [1.82, 2.24) is 5.32 Å². The van der Waals surface area contributed by atoms with Crippen LogP contribution in [0.3, 0.4) is 0 Å². The fraction of sp³-hybridized carbons (Fsp3) is 0.400. The molecule has 0 atom stereocenters. The second-order valence-corrected chi connectivity index (χ2v) is 4.09. The number of nitrogens with zero attached hydrogens (tertiary/aromatic N) is 1. The Morgan fingerprint density at radius 3 is 3.07 bits per heavy atom. The lowest BCUT2D eigenvalue weighted by Crippen LogP contribution is -2.25. The molecule has 82 valence electrons. The summed E-state index contributed by atoms with van der Waals surface area (Å²) in [5.41, 5.74) is 0.827. The first-order chi connectivity index (χ1) is 7.29. The zero-order valence-corrected chi connectivity index (χ0v) is 9.68. The molecule has 1 fully saturated rings. The van der Waals surface area contributed by atoms with Gasteiger partial charge in [-0.1, -0.05) is 29.3 Å². The fourth-order valence-corrected chi connectivity index (χ4v) is 1.87. The standard InChI is InChI=1S/C10H12Cl2N2O/c11-8-3-1-4-9(10(8)12)14-6-2-5-13-7-15-14/h1,3-4,13H,2,5-7H2. The number of hydrogen-bond donors (Lipinski definition) is 1. The summed E-state index contributed by atoms with van der Waals surface area (Å²) in [4.78, 5) is 5.50. The molecule has 1 saturated heterocycles. The number of nitrogens with one attached hydrogen (secondary N) is 1. The molecule has 5 heteroatoms. The number of rotatable bonds is 1. The summed E-state index contributed by atoms with van der Waals surface area (Å²) in [6, 6.07) is 5.54. The first-order valence-corrected chi connectivity index (χ1v) is 5.60. The van der Waals surface area contributed by atoms with Crippen molar-refractivity contribution >= 4 is 28.9 Å². The zero-order valence-electron chi connectivity index (χ0n) is 8.17. The van der Waals surface area contributed by atoms with E-state index in [4.69, 9.17) is 28.0 Å². The highest BCUT2D eigenvalue weighted by molar-refractivity contribution is 6.43. The number of halogens is 2. The van der Waals surface area contributed by atoms with Crippen molar-refractivity contribution in [2.75, 3.05) is 24.9 Å². The van der Waals surface area contributed by atoms with Crippen LogP contribution in [0.25, 0.3) is 0 Å². The predicted octanol–water partition coefficient (Wildman–Crippen LogP) is 2.68. The molecular formula is C10H12Cl2N2O. The molecule has 0 aromatic heterocycles. The minimum atomic E-state index is 0.503. The maximum Gasteiger partial charge on any atom is 0.125 e. The minimum absolute atomic E-state index is 0.503. The molecule has 1 aliphatic rings. The van der Waals surface area contributed by atoms with Crippen LogP contribution < -0.4 is 10.4 Å². The van der Waals surface area contributed by atoms with Crippen LogP contribution in [0, 0.1) is 0 Å². The van der Waals surface area contributed by atoms with Crippen molar-refractivity contribution in [3.63, 3.8) is 0 Å². The average molecular weight is 247 g/mol. The average Bonchev–Trinajstić information content (AvgIpc) is 2.50. The topological polar surface area (TPSA) is 24.5 Å². The van der Waals surface area contributed by atoms with Gasteiger partial charge < -0.3 is 0 Å². The van der Waals surface area contributed by atoms with Crippen molar-refractivity contribution in [3.05, 3.63) is 28.2 Å². The Labute approximate surface area is 98.9 Å². The Bertz CT molecular complexity index is 338. The molecule has 0 bridgehead atoms. The summed E-state index contributed by atoms with van der Waals surface area (Å²) in [6.45, 7) is 2.27. The maximum absolute atomic E-state index is 6.11. The first-order valence-electron chi connectivity index (χ1n) is 4.84. The Kier molecular flexibility index (Phi) is 3.70. The number of hydrogen-bond acceptors (Lipinski definition) is 3. The fourth-order valence-electron chi connectivity index (χ4n) is 1.48. The molecule has 0 radical (unpaired) electrons. The van der Waals surface area contributed by atoms with Crippen LogP contribution in [-0.2, 0) is 4.84 Å². The number of benzene rings is 1. The monoisotopic (exact) mass is 246 g/mol. The van der Waals surface area contributed by atoms with Gasteiger partial charge in [0.1, 0.15) is 6.73 Å². The van der Waals surface area contributed by atoms with Crippen LogP contribution in [-0.4, -0.2) is 19.8 Å². The summed E-state index contributed by atoms with van der Waals surface area (Å²) in [5.74, 6) is 0. The highest BCUT2D eigenvalue weighted by atomic mass is 35.5. The molecular weight excluding hydrogens is 235 g/mol. The van der Waals surface area contributed by atoms with Crippen LogP contribution in [0.15, 0.2) is 18.2 Å². The molecule has 0 amide bonds. The SMILES string of the molecule is Clc1cccc(N2CCCNCO2)c1Cl. The van der Waals surface area contributed by atoms with Gasteiger partial charge in [-0.15, -0.1) is 0 Å². The minimum Gasteiger partial charge on any atom is -0.292 e. The zero-order chi connectivity index (χ0) is 10.7. The molecule has 1 N–H and O–H groups in total. The number of anilines is 1. The van der Waals surface area contributed by atoms with E-state index in [-0.39, 0.29) is 0 Å². The second kappa shape index (κ2) is 5.03. The first kappa shape index (κ1) is 11.0. The van der Waals surface area contributed by atoms with Gasteiger partial charge in [0.2, 0.25) is 0 Å². The van der Waals surface area contributed by atoms with E-state index in [1.807, 2.05) is 12.1 Å². The van der Waals surface area contributed by atoms with E-state index in [0.29, 0.717) is 16.8 Å². The van der Waals surface area contributed by atoms with Gasteiger partial charge in [-0.25, -0.2) is 0 Å². The summed E-state index contributed by atoms with van der Waals surface area (Å²) >= 11 is 12.0. The van der Waals surface area contributed by atoms with Gasteiger partial charge in [0.05, 0.1) is 15.7 Å². The lowest BCUT2D eigenvalue weighted by Gasteiger charge is -2.22. The van der Waals surface area contributed by atoms with E-state index in [1.165, 1.54) is 0 Å². The van der Waals surface area contributed by atoms with Crippen LogP contribution in [0.1, 0.15) is 6.42 Å². The largest absolute Gasteiger partial charge is 0.292 e. The third-order valence-corrected chi connectivity index (χ3v) is 3.05. The van der Waals surface area contributed by atoms with Crippen molar-refractivity contribution in [1.29, 1.82) is 0 Å². The molecule has 15 heavy (non-hydrogen) atoms. The third kappa shape index (κ3) is 2.55. The normalized spacial score (nSPS) is 17.6. The summed E-state index contributed by atoms with van der Waals surface area (Å²) in [7, 11) is 0. The van der Waals surface area contributed by atoms with Crippen molar-refractivity contribution in [2.24, 2.45) is 0 Å². The van der Waals surface area contributed by atoms with Crippen LogP contribution in [0.2, 0.25) is 10.0 Å². The van der Waals surface area contributed by atoms with Gasteiger partial charge in [-0.2, -0.15) is 0 Å². The molecule has 3 nitrogen and oxygen atoms in total. The Morgan fingerprint density at radius 1 is 1.33 bits per heavy atom. The summed E-state index contributed by atoms with van der Waals surface area (Å²) < 4.78 is 0. The van der Waals surface area contributed by atoms with E-state index in [2.05, 4.69) is 5.32 Å². The van der Waals surface area contributed by atoms with Gasteiger partial charge in [0.25, 0.3) is 0 Å². The molecule has 1 aliphatic heterocycles. The van der Waals surface area contributed by atoms with Gasteiger partial charge in [-0.3, -0.25) is 15.2 Å². The highest BCUT2D eigenvalue weighted by Crippen LogP contribution is 2.32. The van der Waals surface area contributed by atoms with E-state index in [0.717, 1.165) is 25.2 Å². The van der Waals surface area contributed by atoms with E-state index in [9.17, 15) is 0 Å². The molecule has 0 aliphatic carbocycles. The van der Waals surface area contributed by atoms with E-state index in [1.54, 1.807) is 11.1 Å². The van der Waals surface area contributed by atoms with Crippen molar-refractivity contribution in [2.45, 2.75) is 6.42 Å². The Balaban J connectivity index is 2.23. The van der Waals surface area contributed by atoms with Crippen LogP contribution in [0.4, 0.5) is 5.69 Å². The molecule has 2 rings (SSSR count). The predicted molar refractivity (Wildman–Crippen MR) is 62.4 cm³/mol. The smallest absolute Gasteiger partial charge is 0.125 e. The lowest BCUT2D eigenvalue weighted by molar-refractivity contribution is 0.107. The van der Waals surface area contributed by atoms with Crippen molar-refractivity contribution < 1.29 is 4.84 Å².